The van der Waals surface area contributed by atoms with Gasteiger partial charge in [0.2, 0.25) is 5.82 Å². The Morgan fingerprint density at radius 3 is 3.00 bits per heavy atom. The molecule has 0 aromatic carbocycles. The Labute approximate surface area is 93.1 Å². The molecule has 0 saturated carbocycles. The van der Waals surface area contributed by atoms with Gasteiger partial charge in [0.15, 0.2) is 11.6 Å². The Hall–Kier alpha value is -1.43. The van der Waals surface area contributed by atoms with Crippen LogP contribution in [0.3, 0.4) is 0 Å². The summed E-state index contributed by atoms with van der Waals surface area (Å²) in [7, 11) is 0. The lowest BCUT2D eigenvalue weighted by Crippen LogP contribution is -2.42. The van der Waals surface area contributed by atoms with Gasteiger partial charge in [-0.2, -0.15) is 4.39 Å². The van der Waals surface area contributed by atoms with E-state index in [0.29, 0.717) is 19.5 Å². The molecule has 1 aliphatic rings. The number of halogens is 1. The highest BCUT2D eigenvalue weighted by Crippen LogP contribution is 2.25. The van der Waals surface area contributed by atoms with Gasteiger partial charge in [-0.05, 0) is 12.3 Å². The van der Waals surface area contributed by atoms with Crippen molar-refractivity contribution in [2.45, 2.75) is 19.4 Å². The predicted molar refractivity (Wildman–Crippen MR) is 58.4 cm³/mol. The van der Waals surface area contributed by atoms with Crippen LogP contribution in [0.5, 0.6) is 0 Å². The number of nitrogens with two attached hydrogens (primary N) is 1. The van der Waals surface area contributed by atoms with Crippen LogP contribution in [0.25, 0.3) is 0 Å². The Morgan fingerprint density at radius 2 is 2.31 bits per heavy atom. The molecule has 5 nitrogen and oxygen atoms in total. The minimum absolute atomic E-state index is 0.101. The van der Waals surface area contributed by atoms with Gasteiger partial charge in [-0.1, -0.05) is 6.92 Å². The van der Waals surface area contributed by atoms with Crippen LogP contribution in [-0.2, 0) is 0 Å². The van der Waals surface area contributed by atoms with Crippen molar-refractivity contribution < 1.29 is 9.50 Å². The van der Waals surface area contributed by atoms with E-state index in [0.717, 1.165) is 0 Å². The van der Waals surface area contributed by atoms with Gasteiger partial charge in [0.1, 0.15) is 6.33 Å². The monoisotopic (exact) mass is 226 g/mol. The molecule has 6 heteroatoms. The summed E-state index contributed by atoms with van der Waals surface area (Å²) in [5.41, 5.74) is 5.39. The molecule has 88 valence electrons. The van der Waals surface area contributed by atoms with Crippen LogP contribution < -0.4 is 10.6 Å². The summed E-state index contributed by atoms with van der Waals surface area (Å²) in [5, 5.41) is 9.59. The number of rotatable bonds is 1. The number of nitrogens with zero attached hydrogens (tertiary/aromatic N) is 3. The maximum atomic E-state index is 13.7. The van der Waals surface area contributed by atoms with E-state index >= 15 is 0 Å². The van der Waals surface area contributed by atoms with Crippen LogP contribution in [0.4, 0.5) is 16.0 Å². The van der Waals surface area contributed by atoms with E-state index in [-0.39, 0.29) is 23.7 Å². The highest BCUT2D eigenvalue weighted by Gasteiger charge is 2.27. The Bertz CT molecular complexity index is 387. The van der Waals surface area contributed by atoms with Crippen LogP contribution in [0, 0.1) is 11.7 Å². The number of aromatic nitrogens is 2. The van der Waals surface area contributed by atoms with Gasteiger partial charge < -0.3 is 15.7 Å². The Kier molecular flexibility index (Phi) is 2.91. The van der Waals surface area contributed by atoms with Crippen LogP contribution in [0.15, 0.2) is 6.33 Å². The zero-order valence-electron chi connectivity index (χ0n) is 9.10. The third-order valence-corrected chi connectivity index (χ3v) is 2.96. The molecule has 1 aliphatic heterocycles. The molecule has 1 fully saturated rings. The minimum Gasteiger partial charge on any atom is -0.393 e. The third-order valence-electron chi connectivity index (χ3n) is 2.96. The van der Waals surface area contributed by atoms with Gasteiger partial charge >= 0.3 is 0 Å². The van der Waals surface area contributed by atoms with E-state index in [1.54, 1.807) is 4.90 Å². The maximum Gasteiger partial charge on any atom is 0.207 e. The summed E-state index contributed by atoms with van der Waals surface area (Å²) in [5.74, 6) is -0.384. The van der Waals surface area contributed by atoms with Crippen molar-refractivity contribution in [3.8, 4) is 0 Å². The largest absolute Gasteiger partial charge is 0.393 e. The number of nitrogen functional groups attached to an aromatic ring is 1. The van der Waals surface area contributed by atoms with Crippen LogP contribution in [0.2, 0.25) is 0 Å². The van der Waals surface area contributed by atoms with E-state index in [4.69, 9.17) is 5.73 Å². The van der Waals surface area contributed by atoms with Gasteiger partial charge in [0.05, 0.1) is 6.10 Å². The molecule has 1 aromatic rings. The topological polar surface area (TPSA) is 75.3 Å². The molecule has 0 unspecified atom stereocenters. The average molecular weight is 226 g/mol. The standard InChI is InChI=1S/C10H15FN4O/c1-6-4-15(3-2-7(6)16)10-8(11)9(12)13-5-14-10/h5-7,16H,2-4H2,1H3,(H2,12,13,14)/t6-,7-/m0/s1. The first-order valence-electron chi connectivity index (χ1n) is 5.28. The van der Waals surface area contributed by atoms with Crippen molar-refractivity contribution >= 4 is 11.6 Å². The molecule has 16 heavy (non-hydrogen) atoms. The van der Waals surface area contributed by atoms with Crippen molar-refractivity contribution in [1.82, 2.24) is 9.97 Å². The van der Waals surface area contributed by atoms with Crippen molar-refractivity contribution in [1.29, 1.82) is 0 Å². The second kappa shape index (κ2) is 4.21. The van der Waals surface area contributed by atoms with Gasteiger partial charge in [-0.3, -0.25) is 0 Å². The fourth-order valence-corrected chi connectivity index (χ4v) is 1.92. The molecule has 0 bridgehead atoms. The molecule has 0 spiro atoms. The van der Waals surface area contributed by atoms with Crippen molar-refractivity contribution in [2.75, 3.05) is 23.7 Å². The maximum absolute atomic E-state index is 13.7. The lowest BCUT2D eigenvalue weighted by molar-refractivity contribution is 0.0966. The van der Waals surface area contributed by atoms with E-state index in [1.165, 1.54) is 6.33 Å². The second-order valence-corrected chi connectivity index (χ2v) is 4.18. The van der Waals surface area contributed by atoms with Crippen molar-refractivity contribution in [3.05, 3.63) is 12.1 Å². The molecular weight excluding hydrogens is 211 g/mol. The zero-order valence-corrected chi connectivity index (χ0v) is 9.10. The van der Waals surface area contributed by atoms with Gasteiger partial charge in [-0.25, -0.2) is 9.97 Å². The van der Waals surface area contributed by atoms with E-state index in [9.17, 15) is 9.50 Å². The minimum atomic E-state index is -0.578. The number of anilines is 2. The average Bonchev–Trinajstić information content (AvgIpc) is 2.26. The van der Waals surface area contributed by atoms with Crippen molar-refractivity contribution in [2.24, 2.45) is 5.92 Å². The quantitative estimate of drug-likeness (QED) is 0.725. The highest BCUT2D eigenvalue weighted by atomic mass is 19.1. The molecule has 3 N–H and O–H groups in total. The summed E-state index contributed by atoms with van der Waals surface area (Å²) in [6.07, 6.45) is 1.55. The zero-order chi connectivity index (χ0) is 11.7. The summed E-state index contributed by atoms with van der Waals surface area (Å²) in [6, 6.07) is 0. The van der Waals surface area contributed by atoms with Gasteiger partial charge in [-0.15, -0.1) is 0 Å². The van der Waals surface area contributed by atoms with Crippen molar-refractivity contribution in [3.63, 3.8) is 0 Å². The first-order valence-corrected chi connectivity index (χ1v) is 5.28. The number of piperidine rings is 1. The fourth-order valence-electron chi connectivity index (χ4n) is 1.92. The first kappa shape index (κ1) is 11.1. The molecule has 0 radical (unpaired) electrons. The highest BCUT2D eigenvalue weighted by molar-refractivity contribution is 5.48. The summed E-state index contributed by atoms with van der Waals surface area (Å²) >= 11 is 0. The van der Waals surface area contributed by atoms with Crippen LogP contribution in [-0.4, -0.2) is 34.3 Å². The summed E-state index contributed by atoms with van der Waals surface area (Å²) < 4.78 is 13.7. The molecule has 2 rings (SSSR count). The lowest BCUT2D eigenvalue weighted by atomic mass is 9.97. The molecule has 1 aromatic heterocycles. The number of aliphatic hydroxyl groups is 1. The normalized spacial score (nSPS) is 25.8. The molecule has 2 atom stereocenters. The molecule has 2 heterocycles. The fraction of sp³-hybridized carbons (Fsp3) is 0.600. The third kappa shape index (κ3) is 1.92. The van der Waals surface area contributed by atoms with E-state index in [1.807, 2.05) is 6.92 Å². The van der Waals surface area contributed by atoms with Gasteiger partial charge in [0.25, 0.3) is 0 Å². The number of aliphatic hydroxyl groups excluding tert-OH is 1. The van der Waals surface area contributed by atoms with Gasteiger partial charge in [0, 0.05) is 13.1 Å². The first-order chi connectivity index (χ1) is 7.59. The predicted octanol–water partition coefficient (Wildman–Crippen LogP) is 0.405. The number of hydrogen-bond donors (Lipinski definition) is 2. The summed E-state index contributed by atoms with van der Waals surface area (Å²) in [6.45, 7) is 3.09. The number of hydrogen-bond acceptors (Lipinski definition) is 5. The summed E-state index contributed by atoms with van der Waals surface area (Å²) in [4.78, 5) is 9.28. The van der Waals surface area contributed by atoms with Crippen LogP contribution in [0.1, 0.15) is 13.3 Å². The van der Waals surface area contributed by atoms with E-state index < -0.39 is 5.82 Å². The van der Waals surface area contributed by atoms with Crippen LogP contribution >= 0.6 is 0 Å². The molecule has 1 saturated heterocycles. The molecule has 0 amide bonds. The second-order valence-electron chi connectivity index (χ2n) is 4.18. The lowest BCUT2D eigenvalue weighted by Gasteiger charge is -2.35. The molecular formula is C10H15FN4O. The Morgan fingerprint density at radius 1 is 1.56 bits per heavy atom. The SMILES string of the molecule is C[C@H]1CN(c2ncnc(N)c2F)CC[C@@H]1O. The smallest absolute Gasteiger partial charge is 0.207 e. The van der Waals surface area contributed by atoms with E-state index in [2.05, 4.69) is 9.97 Å². The molecule has 0 aliphatic carbocycles. The Balaban J connectivity index is 2.22.